The molecule has 1 fully saturated rings. The van der Waals surface area contributed by atoms with Gasteiger partial charge in [0.05, 0.1) is 6.61 Å². The summed E-state index contributed by atoms with van der Waals surface area (Å²) in [5, 5.41) is 0. The van der Waals surface area contributed by atoms with Gasteiger partial charge in [0.2, 0.25) is 0 Å². The van der Waals surface area contributed by atoms with Crippen molar-refractivity contribution in [2.24, 2.45) is 0 Å². The predicted octanol–water partition coefficient (Wildman–Crippen LogP) is 4.53. The Morgan fingerprint density at radius 2 is 2.15 bits per heavy atom. The summed E-state index contributed by atoms with van der Waals surface area (Å²) in [6.07, 6.45) is 10.7. The molecule has 0 saturated carbocycles. The summed E-state index contributed by atoms with van der Waals surface area (Å²) in [5.74, 6) is 0.943. The number of epoxide rings is 1. The topological polar surface area (TPSA) is 21.8 Å². The van der Waals surface area contributed by atoms with Gasteiger partial charge in [-0.15, -0.1) is 0 Å². The van der Waals surface area contributed by atoms with Gasteiger partial charge >= 0.3 is 0 Å². The number of unbranched alkanes of at least 4 members (excludes halogenated alkanes) is 3. The molecule has 0 spiro atoms. The largest absolute Gasteiger partial charge is 0.490 e. The second kappa shape index (κ2) is 7.49. The first-order valence-corrected chi connectivity index (χ1v) is 7.72. The molecule has 1 aliphatic heterocycles. The van der Waals surface area contributed by atoms with E-state index in [9.17, 15) is 0 Å². The van der Waals surface area contributed by atoms with Gasteiger partial charge in [0.25, 0.3) is 0 Å². The molecule has 20 heavy (non-hydrogen) atoms. The Morgan fingerprint density at radius 3 is 2.90 bits per heavy atom. The van der Waals surface area contributed by atoms with Crippen LogP contribution in [0.5, 0.6) is 5.75 Å². The van der Waals surface area contributed by atoms with Crippen LogP contribution >= 0.6 is 0 Å². The molecule has 0 bridgehead atoms. The van der Waals surface area contributed by atoms with Crippen LogP contribution in [0.3, 0.4) is 0 Å². The van der Waals surface area contributed by atoms with E-state index in [0.717, 1.165) is 18.8 Å². The highest BCUT2D eigenvalue weighted by atomic mass is 16.6. The van der Waals surface area contributed by atoms with E-state index in [2.05, 4.69) is 44.2 Å². The molecule has 0 N–H and O–H groups in total. The Morgan fingerprint density at radius 1 is 1.30 bits per heavy atom. The van der Waals surface area contributed by atoms with Crippen molar-refractivity contribution in [2.75, 3.05) is 13.2 Å². The third kappa shape index (κ3) is 5.38. The van der Waals surface area contributed by atoms with Crippen LogP contribution in [0.15, 0.2) is 36.4 Å². The van der Waals surface area contributed by atoms with Gasteiger partial charge in [-0.1, -0.05) is 44.1 Å². The second-order valence-electron chi connectivity index (χ2n) is 5.85. The molecular weight excluding hydrogens is 248 g/mol. The van der Waals surface area contributed by atoms with E-state index in [1.54, 1.807) is 0 Å². The van der Waals surface area contributed by atoms with Gasteiger partial charge in [-0.05, 0) is 43.9 Å². The van der Waals surface area contributed by atoms with E-state index in [-0.39, 0.29) is 5.60 Å². The highest BCUT2D eigenvalue weighted by molar-refractivity contribution is 5.30. The van der Waals surface area contributed by atoms with Gasteiger partial charge in [0, 0.05) is 0 Å². The van der Waals surface area contributed by atoms with Gasteiger partial charge in [-0.2, -0.15) is 0 Å². The van der Waals surface area contributed by atoms with Crippen LogP contribution in [0.2, 0.25) is 0 Å². The maximum absolute atomic E-state index is 5.78. The first kappa shape index (κ1) is 15.1. The molecular formula is C18H26O2. The highest BCUT2D eigenvalue weighted by Crippen LogP contribution is 2.27. The Bertz CT molecular complexity index is 433. The van der Waals surface area contributed by atoms with Crippen molar-refractivity contribution in [2.45, 2.75) is 51.6 Å². The molecule has 1 saturated heterocycles. The lowest BCUT2D eigenvalue weighted by Gasteiger charge is -2.09. The molecule has 1 heterocycles. The smallest absolute Gasteiger partial charge is 0.123 e. The number of rotatable bonds is 9. The number of hydrogen-bond donors (Lipinski definition) is 0. The van der Waals surface area contributed by atoms with Gasteiger partial charge in [-0.3, -0.25) is 0 Å². The quantitative estimate of drug-likeness (QED) is 0.375. The van der Waals surface area contributed by atoms with Crippen molar-refractivity contribution >= 4 is 0 Å². The van der Waals surface area contributed by atoms with Gasteiger partial charge in [-0.25, -0.2) is 0 Å². The zero-order chi connectivity index (χ0) is 14.3. The van der Waals surface area contributed by atoms with Crippen LogP contribution in [-0.4, -0.2) is 18.8 Å². The van der Waals surface area contributed by atoms with E-state index >= 15 is 0 Å². The molecule has 1 aromatic carbocycles. The minimum absolute atomic E-state index is 0.0464. The molecule has 0 aliphatic carbocycles. The van der Waals surface area contributed by atoms with E-state index in [0.29, 0.717) is 6.61 Å². The summed E-state index contributed by atoms with van der Waals surface area (Å²) in [5.41, 5.74) is 1.26. The first-order chi connectivity index (χ1) is 9.72. The van der Waals surface area contributed by atoms with E-state index in [1.165, 1.54) is 31.2 Å². The number of allylic oxidation sites excluding steroid dienone is 2. The number of benzene rings is 1. The summed E-state index contributed by atoms with van der Waals surface area (Å²) in [4.78, 5) is 0. The van der Waals surface area contributed by atoms with Crippen LogP contribution in [0, 0.1) is 0 Å². The van der Waals surface area contributed by atoms with Crippen LogP contribution < -0.4 is 4.74 Å². The van der Waals surface area contributed by atoms with E-state index in [4.69, 9.17) is 9.47 Å². The average molecular weight is 274 g/mol. The molecule has 1 atom stereocenters. The Kier molecular flexibility index (Phi) is 5.66. The first-order valence-electron chi connectivity index (χ1n) is 7.72. The standard InChI is InChI=1S/C18H26O2/c1-3-4-5-6-7-8-10-16-11-9-12-17(13-16)19-14-18(2)15-20-18/h7-9,11-13H,3-6,10,14-15H2,1-2H3/b8-7+. The molecule has 2 nitrogen and oxygen atoms in total. The van der Waals surface area contributed by atoms with Gasteiger partial charge in [0.1, 0.15) is 18.0 Å². The molecule has 2 heteroatoms. The lowest BCUT2D eigenvalue weighted by Crippen LogP contribution is -2.16. The fourth-order valence-corrected chi connectivity index (χ4v) is 2.05. The number of ether oxygens (including phenoxy) is 2. The van der Waals surface area contributed by atoms with Crippen LogP contribution in [0.1, 0.15) is 45.1 Å². The van der Waals surface area contributed by atoms with E-state index in [1.807, 2.05) is 6.07 Å². The van der Waals surface area contributed by atoms with Crippen molar-refractivity contribution in [1.29, 1.82) is 0 Å². The summed E-state index contributed by atoms with van der Waals surface area (Å²) in [7, 11) is 0. The maximum atomic E-state index is 5.78. The van der Waals surface area contributed by atoms with Crippen molar-refractivity contribution in [3.63, 3.8) is 0 Å². The summed E-state index contributed by atoms with van der Waals surface area (Å²) >= 11 is 0. The minimum Gasteiger partial charge on any atom is -0.490 e. The van der Waals surface area contributed by atoms with E-state index < -0.39 is 0 Å². The third-order valence-corrected chi connectivity index (χ3v) is 3.57. The van der Waals surface area contributed by atoms with Crippen LogP contribution in [-0.2, 0) is 11.2 Å². The fourth-order valence-electron chi connectivity index (χ4n) is 2.05. The average Bonchev–Trinajstić information content (AvgIpc) is 3.20. The highest BCUT2D eigenvalue weighted by Gasteiger charge is 2.40. The van der Waals surface area contributed by atoms with Crippen LogP contribution in [0.25, 0.3) is 0 Å². The number of hydrogen-bond acceptors (Lipinski definition) is 2. The van der Waals surface area contributed by atoms with Gasteiger partial charge in [0.15, 0.2) is 0 Å². The SMILES string of the molecule is CCCCC/C=C/Cc1cccc(OCC2(C)CO2)c1. The molecule has 1 aliphatic rings. The third-order valence-electron chi connectivity index (χ3n) is 3.57. The fraction of sp³-hybridized carbons (Fsp3) is 0.556. The monoisotopic (exact) mass is 274 g/mol. The van der Waals surface area contributed by atoms with Crippen molar-refractivity contribution in [3.05, 3.63) is 42.0 Å². The Hall–Kier alpha value is -1.28. The lowest BCUT2D eigenvalue weighted by atomic mass is 10.1. The Balaban J connectivity index is 1.74. The summed E-state index contributed by atoms with van der Waals surface area (Å²) < 4.78 is 11.1. The van der Waals surface area contributed by atoms with Crippen LogP contribution in [0.4, 0.5) is 0 Å². The summed E-state index contributed by atoms with van der Waals surface area (Å²) in [6, 6.07) is 8.35. The molecule has 0 aromatic heterocycles. The van der Waals surface area contributed by atoms with Gasteiger partial charge < -0.3 is 9.47 Å². The van der Waals surface area contributed by atoms with Crippen molar-refractivity contribution in [3.8, 4) is 5.75 Å². The summed E-state index contributed by atoms with van der Waals surface area (Å²) in [6.45, 7) is 5.77. The molecule has 1 unspecified atom stereocenters. The molecule has 0 radical (unpaired) electrons. The lowest BCUT2D eigenvalue weighted by molar-refractivity contribution is 0.202. The minimum atomic E-state index is -0.0464. The zero-order valence-corrected chi connectivity index (χ0v) is 12.7. The van der Waals surface area contributed by atoms with Crippen molar-refractivity contribution < 1.29 is 9.47 Å². The second-order valence-corrected chi connectivity index (χ2v) is 5.85. The molecule has 110 valence electrons. The van der Waals surface area contributed by atoms with Crippen molar-refractivity contribution in [1.82, 2.24) is 0 Å². The maximum Gasteiger partial charge on any atom is 0.123 e. The predicted molar refractivity (Wildman–Crippen MR) is 83.3 cm³/mol. The Labute approximate surface area is 122 Å². The molecule has 2 rings (SSSR count). The normalized spacial score (nSPS) is 21.3. The zero-order valence-electron chi connectivity index (χ0n) is 12.7. The molecule has 0 amide bonds. The molecule has 1 aromatic rings.